The van der Waals surface area contributed by atoms with Gasteiger partial charge in [0.2, 0.25) is 0 Å². The van der Waals surface area contributed by atoms with Crippen LogP contribution >= 0.6 is 0 Å². The summed E-state index contributed by atoms with van der Waals surface area (Å²) in [7, 11) is 0. The van der Waals surface area contributed by atoms with Crippen LogP contribution < -0.4 is 0 Å². The Balaban J connectivity index is 4.80. The third-order valence-corrected chi connectivity index (χ3v) is 16.7. The van der Waals surface area contributed by atoms with E-state index >= 15 is 0 Å². The number of aliphatic hydroxyl groups excluding tert-OH is 1. The molecule has 106 valence electrons. The standard InChI is InChI=1S/C4H5O.3C4H9.Sn/c1-3-4(2)5;3*1-3-4-2;/h4-5H,2H3;3*1,3-4H2,2H3;. The fraction of sp³-hybridized carbons (Fsp3) is 0.875. The van der Waals surface area contributed by atoms with Gasteiger partial charge in [-0.15, -0.1) is 0 Å². The SMILES string of the molecule is CCC[CH2][Sn]([C]#CC(C)O)([CH2]CCC)[CH2]CCC. The molecular weight excluding hydrogens is 327 g/mol. The number of hydrogen-bond acceptors (Lipinski definition) is 1. The Morgan fingerprint density at radius 2 is 1.28 bits per heavy atom. The molecule has 1 atom stereocenters. The molecule has 2 heteroatoms. The van der Waals surface area contributed by atoms with Crippen LogP contribution in [0, 0.1) is 9.86 Å². The van der Waals surface area contributed by atoms with E-state index in [-0.39, 0.29) is 0 Å². The van der Waals surface area contributed by atoms with Crippen molar-refractivity contribution in [3.63, 3.8) is 0 Å². The van der Waals surface area contributed by atoms with Gasteiger partial charge < -0.3 is 0 Å². The number of hydrogen-bond donors (Lipinski definition) is 1. The molecule has 0 fully saturated rings. The van der Waals surface area contributed by atoms with E-state index < -0.39 is 24.5 Å². The molecule has 0 aliphatic carbocycles. The molecule has 0 aromatic carbocycles. The molecule has 0 radical (unpaired) electrons. The Kier molecular flexibility index (Phi) is 11.4. The zero-order chi connectivity index (χ0) is 13.9. The molecule has 1 unspecified atom stereocenters. The van der Waals surface area contributed by atoms with E-state index in [0.29, 0.717) is 0 Å². The fourth-order valence-corrected chi connectivity index (χ4v) is 15.9. The van der Waals surface area contributed by atoms with Gasteiger partial charge in [0.05, 0.1) is 0 Å². The monoisotopic (exact) mass is 360 g/mol. The predicted octanol–water partition coefficient (Wildman–Crippen LogP) is 4.76. The van der Waals surface area contributed by atoms with Crippen molar-refractivity contribution in [2.75, 3.05) is 0 Å². The summed E-state index contributed by atoms with van der Waals surface area (Å²) < 4.78 is 7.87. The summed E-state index contributed by atoms with van der Waals surface area (Å²) in [6.07, 6.45) is 7.45. The second kappa shape index (κ2) is 11.2. The van der Waals surface area contributed by atoms with E-state index in [1.54, 1.807) is 6.92 Å². The molecule has 0 spiro atoms. The summed E-state index contributed by atoms with van der Waals surface area (Å²) in [5.41, 5.74) is 0. The van der Waals surface area contributed by atoms with Gasteiger partial charge in [-0.1, -0.05) is 0 Å². The van der Waals surface area contributed by atoms with Gasteiger partial charge in [-0.25, -0.2) is 0 Å². The van der Waals surface area contributed by atoms with Gasteiger partial charge in [0.1, 0.15) is 0 Å². The van der Waals surface area contributed by atoms with Crippen LogP contribution in [0.4, 0.5) is 0 Å². The molecule has 0 aromatic heterocycles. The molecule has 0 aliphatic heterocycles. The Labute approximate surface area is 119 Å². The van der Waals surface area contributed by atoms with Crippen LogP contribution in [0.2, 0.25) is 13.3 Å². The Bertz CT molecular complexity index is 228. The van der Waals surface area contributed by atoms with Crippen molar-refractivity contribution in [2.45, 2.75) is 85.6 Å². The Hall–Kier alpha value is 0.319. The van der Waals surface area contributed by atoms with Crippen LogP contribution in [0.5, 0.6) is 0 Å². The van der Waals surface area contributed by atoms with E-state index in [9.17, 15) is 5.11 Å². The van der Waals surface area contributed by atoms with Gasteiger partial charge in [-0.05, 0) is 0 Å². The van der Waals surface area contributed by atoms with Crippen molar-refractivity contribution < 1.29 is 5.11 Å². The maximum absolute atomic E-state index is 9.45. The van der Waals surface area contributed by atoms with Gasteiger partial charge in [0.15, 0.2) is 0 Å². The van der Waals surface area contributed by atoms with Crippen molar-refractivity contribution >= 4 is 18.4 Å². The Morgan fingerprint density at radius 3 is 1.56 bits per heavy atom. The van der Waals surface area contributed by atoms with Gasteiger partial charge in [0.25, 0.3) is 0 Å². The average Bonchev–Trinajstić information content (AvgIpc) is 2.37. The van der Waals surface area contributed by atoms with E-state index in [1.807, 2.05) is 0 Å². The third kappa shape index (κ3) is 8.43. The molecular formula is C16H32OSn. The Morgan fingerprint density at radius 1 is 0.889 bits per heavy atom. The summed E-state index contributed by atoms with van der Waals surface area (Å²) in [5, 5.41) is 9.45. The van der Waals surface area contributed by atoms with Crippen LogP contribution in [0.15, 0.2) is 0 Å². The molecule has 0 bridgehead atoms. The van der Waals surface area contributed by atoms with E-state index in [1.165, 1.54) is 51.8 Å². The molecule has 0 aromatic rings. The molecule has 0 rings (SSSR count). The average molecular weight is 359 g/mol. The summed E-state index contributed by atoms with van der Waals surface area (Å²) in [6, 6.07) is 0. The van der Waals surface area contributed by atoms with Crippen molar-refractivity contribution in [2.24, 2.45) is 0 Å². The van der Waals surface area contributed by atoms with Crippen LogP contribution in [0.1, 0.15) is 66.2 Å². The topological polar surface area (TPSA) is 20.2 Å². The zero-order valence-electron chi connectivity index (χ0n) is 12.9. The first-order valence-electron chi connectivity index (χ1n) is 7.81. The van der Waals surface area contributed by atoms with Gasteiger partial charge in [-0.3, -0.25) is 0 Å². The normalized spacial score (nSPS) is 12.9. The molecule has 0 heterocycles. The summed E-state index contributed by atoms with van der Waals surface area (Å²) >= 11 is -2.27. The van der Waals surface area contributed by atoms with Gasteiger partial charge in [-0.2, -0.15) is 0 Å². The van der Waals surface area contributed by atoms with E-state index in [4.69, 9.17) is 0 Å². The van der Waals surface area contributed by atoms with Gasteiger partial charge in [0, 0.05) is 0 Å². The first kappa shape index (κ1) is 18.3. The first-order valence-corrected chi connectivity index (χ1v) is 15.3. The zero-order valence-corrected chi connectivity index (χ0v) is 15.7. The van der Waals surface area contributed by atoms with Crippen LogP contribution in [0.3, 0.4) is 0 Å². The number of unbranched alkanes of at least 4 members (excludes halogenated alkanes) is 3. The van der Waals surface area contributed by atoms with Gasteiger partial charge >= 0.3 is 119 Å². The quantitative estimate of drug-likeness (QED) is 0.465. The van der Waals surface area contributed by atoms with Crippen molar-refractivity contribution in [1.29, 1.82) is 0 Å². The molecule has 0 saturated carbocycles. The molecule has 1 nitrogen and oxygen atoms in total. The third-order valence-electron chi connectivity index (χ3n) is 3.57. The second-order valence-corrected chi connectivity index (χ2v) is 17.8. The second-order valence-electron chi connectivity index (χ2n) is 5.54. The molecule has 18 heavy (non-hydrogen) atoms. The maximum atomic E-state index is 9.45. The number of aliphatic hydroxyl groups is 1. The number of rotatable bonds is 9. The molecule has 0 saturated heterocycles. The van der Waals surface area contributed by atoms with E-state index in [0.717, 1.165) is 0 Å². The molecule has 0 aliphatic rings. The summed E-state index contributed by atoms with van der Waals surface area (Å²) in [6.45, 7) is 8.62. The predicted molar refractivity (Wildman–Crippen MR) is 84.4 cm³/mol. The first-order chi connectivity index (χ1) is 8.60. The molecule has 0 amide bonds. The minimum atomic E-state index is -2.27. The summed E-state index contributed by atoms with van der Waals surface area (Å²) in [5.74, 6) is 3.11. The summed E-state index contributed by atoms with van der Waals surface area (Å²) in [4.78, 5) is 0. The van der Waals surface area contributed by atoms with Crippen molar-refractivity contribution in [3.05, 3.63) is 0 Å². The van der Waals surface area contributed by atoms with E-state index in [2.05, 4.69) is 30.6 Å². The van der Waals surface area contributed by atoms with Crippen LogP contribution in [-0.2, 0) is 0 Å². The van der Waals surface area contributed by atoms with Crippen molar-refractivity contribution in [3.8, 4) is 9.86 Å². The van der Waals surface area contributed by atoms with Crippen LogP contribution in [0.25, 0.3) is 0 Å². The fourth-order valence-electron chi connectivity index (χ4n) is 2.37. The van der Waals surface area contributed by atoms with Crippen LogP contribution in [-0.4, -0.2) is 29.6 Å². The molecule has 1 N–H and O–H groups in total. The minimum absolute atomic E-state index is 0.439. The van der Waals surface area contributed by atoms with Crippen molar-refractivity contribution in [1.82, 2.24) is 0 Å².